The Bertz CT molecular complexity index is 522. The Morgan fingerprint density at radius 2 is 2.06 bits per heavy atom. The van der Waals surface area contributed by atoms with Crippen LogP contribution in [0.2, 0.25) is 0 Å². The van der Waals surface area contributed by atoms with Crippen LogP contribution in [0.25, 0.3) is 0 Å². The molecule has 0 amide bonds. The van der Waals surface area contributed by atoms with Crippen molar-refractivity contribution in [2.45, 2.75) is 13.0 Å². The summed E-state index contributed by atoms with van der Waals surface area (Å²) in [4.78, 5) is 0. The monoisotopic (exact) mass is 295 g/mol. The Kier molecular flexibility index (Phi) is 3.54. The average molecular weight is 296 g/mol. The van der Waals surface area contributed by atoms with Crippen LogP contribution in [0.15, 0.2) is 39.2 Å². The second kappa shape index (κ2) is 4.94. The fraction of sp³-hybridized carbons (Fsp3) is 0.231. The van der Waals surface area contributed by atoms with Gasteiger partial charge in [0.2, 0.25) is 0 Å². The molecule has 2 rings (SSSR count). The summed E-state index contributed by atoms with van der Waals surface area (Å²) in [6.07, 6.45) is 0. The maximum Gasteiger partial charge on any atom is 0.125 e. The van der Waals surface area contributed by atoms with E-state index in [4.69, 9.17) is 14.9 Å². The standard InChI is InChI=1S/C13H14BrNO2/c1-8-3-6-12(17-8)13(15)10-5-4-9(16-2)7-11(10)14/h3-7,13H,15H2,1-2H3. The third-order valence-corrected chi connectivity index (χ3v) is 3.30. The molecule has 1 heterocycles. The van der Waals surface area contributed by atoms with E-state index in [-0.39, 0.29) is 6.04 Å². The van der Waals surface area contributed by atoms with Gasteiger partial charge in [0.15, 0.2) is 0 Å². The van der Waals surface area contributed by atoms with Crippen molar-refractivity contribution in [3.05, 3.63) is 51.9 Å². The van der Waals surface area contributed by atoms with Crippen LogP contribution in [0, 0.1) is 6.92 Å². The number of nitrogens with two attached hydrogens (primary N) is 1. The summed E-state index contributed by atoms with van der Waals surface area (Å²) in [6.45, 7) is 1.90. The molecule has 0 bridgehead atoms. The molecule has 0 aliphatic rings. The smallest absolute Gasteiger partial charge is 0.125 e. The number of benzene rings is 1. The zero-order valence-corrected chi connectivity index (χ0v) is 11.3. The zero-order chi connectivity index (χ0) is 12.4. The molecule has 0 fully saturated rings. The molecular weight excluding hydrogens is 282 g/mol. The van der Waals surface area contributed by atoms with Crippen molar-refractivity contribution in [1.82, 2.24) is 0 Å². The Morgan fingerprint density at radius 1 is 1.29 bits per heavy atom. The number of hydrogen-bond acceptors (Lipinski definition) is 3. The SMILES string of the molecule is COc1ccc(C(N)c2ccc(C)o2)c(Br)c1. The van der Waals surface area contributed by atoms with E-state index in [9.17, 15) is 0 Å². The number of furan rings is 1. The quantitative estimate of drug-likeness (QED) is 0.944. The van der Waals surface area contributed by atoms with E-state index in [2.05, 4.69) is 15.9 Å². The summed E-state index contributed by atoms with van der Waals surface area (Å²) >= 11 is 3.49. The number of halogens is 1. The van der Waals surface area contributed by atoms with E-state index in [1.807, 2.05) is 37.3 Å². The Morgan fingerprint density at radius 3 is 2.59 bits per heavy atom. The molecule has 4 heteroatoms. The molecule has 0 radical (unpaired) electrons. The van der Waals surface area contributed by atoms with Crippen LogP contribution in [-0.4, -0.2) is 7.11 Å². The molecule has 0 spiro atoms. The van der Waals surface area contributed by atoms with Crippen LogP contribution in [0.1, 0.15) is 23.1 Å². The van der Waals surface area contributed by atoms with Crippen LogP contribution in [-0.2, 0) is 0 Å². The molecule has 3 nitrogen and oxygen atoms in total. The zero-order valence-electron chi connectivity index (χ0n) is 9.74. The summed E-state index contributed by atoms with van der Waals surface area (Å²) in [5.74, 6) is 2.41. The highest BCUT2D eigenvalue weighted by atomic mass is 79.9. The van der Waals surface area contributed by atoms with Crippen molar-refractivity contribution in [1.29, 1.82) is 0 Å². The number of ether oxygens (including phenoxy) is 1. The Labute approximate surface area is 109 Å². The molecule has 0 aliphatic carbocycles. The van der Waals surface area contributed by atoms with Crippen molar-refractivity contribution in [2.24, 2.45) is 5.73 Å². The highest BCUT2D eigenvalue weighted by molar-refractivity contribution is 9.10. The molecule has 2 N–H and O–H groups in total. The third-order valence-electron chi connectivity index (χ3n) is 2.61. The minimum Gasteiger partial charge on any atom is -0.497 e. The first-order valence-corrected chi connectivity index (χ1v) is 6.06. The van der Waals surface area contributed by atoms with Crippen LogP contribution in [0.4, 0.5) is 0 Å². The molecule has 17 heavy (non-hydrogen) atoms. The van der Waals surface area contributed by atoms with E-state index in [1.54, 1.807) is 7.11 Å². The van der Waals surface area contributed by atoms with Gasteiger partial charge in [0.05, 0.1) is 13.2 Å². The van der Waals surface area contributed by atoms with Crippen molar-refractivity contribution in [3.63, 3.8) is 0 Å². The molecule has 0 saturated carbocycles. The minimum atomic E-state index is -0.274. The highest BCUT2D eigenvalue weighted by Gasteiger charge is 2.15. The number of hydrogen-bond donors (Lipinski definition) is 1. The maximum atomic E-state index is 6.16. The van der Waals surface area contributed by atoms with Crippen LogP contribution < -0.4 is 10.5 Å². The van der Waals surface area contributed by atoms with Crippen molar-refractivity contribution in [3.8, 4) is 5.75 Å². The number of aryl methyl sites for hydroxylation is 1. The van der Waals surface area contributed by atoms with Crippen molar-refractivity contribution >= 4 is 15.9 Å². The van der Waals surface area contributed by atoms with Gasteiger partial charge in [-0.1, -0.05) is 22.0 Å². The van der Waals surface area contributed by atoms with E-state index < -0.39 is 0 Å². The first-order valence-electron chi connectivity index (χ1n) is 5.27. The fourth-order valence-electron chi connectivity index (χ4n) is 1.66. The van der Waals surface area contributed by atoms with Crippen LogP contribution >= 0.6 is 15.9 Å². The fourth-order valence-corrected chi connectivity index (χ4v) is 2.27. The average Bonchev–Trinajstić information content (AvgIpc) is 2.75. The highest BCUT2D eigenvalue weighted by Crippen LogP contribution is 2.30. The minimum absolute atomic E-state index is 0.274. The van der Waals surface area contributed by atoms with Gasteiger partial charge in [0.1, 0.15) is 17.3 Å². The summed E-state index contributed by atoms with van der Waals surface area (Å²) in [6, 6.07) is 9.25. The van der Waals surface area contributed by atoms with Crippen LogP contribution in [0.3, 0.4) is 0 Å². The van der Waals surface area contributed by atoms with Gasteiger partial charge < -0.3 is 14.9 Å². The van der Waals surface area contributed by atoms with Gasteiger partial charge in [0.25, 0.3) is 0 Å². The maximum absolute atomic E-state index is 6.16. The van der Waals surface area contributed by atoms with E-state index in [0.29, 0.717) is 0 Å². The molecule has 2 aromatic rings. The molecule has 90 valence electrons. The Balaban J connectivity index is 2.34. The third kappa shape index (κ3) is 2.53. The topological polar surface area (TPSA) is 48.4 Å². The normalized spacial score (nSPS) is 12.5. The molecule has 1 unspecified atom stereocenters. The second-order valence-electron chi connectivity index (χ2n) is 3.81. The van der Waals surface area contributed by atoms with Gasteiger partial charge in [-0.3, -0.25) is 0 Å². The lowest BCUT2D eigenvalue weighted by Crippen LogP contribution is -2.11. The predicted octanol–water partition coefficient (Wildman–Crippen LogP) is 3.41. The van der Waals surface area contributed by atoms with Gasteiger partial charge in [-0.25, -0.2) is 0 Å². The van der Waals surface area contributed by atoms with Gasteiger partial charge in [-0.15, -0.1) is 0 Å². The van der Waals surface area contributed by atoms with Crippen molar-refractivity contribution in [2.75, 3.05) is 7.11 Å². The lowest BCUT2D eigenvalue weighted by Gasteiger charge is -2.12. The molecular formula is C13H14BrNO2. The van der Waals surface area contributed by atoms with Gasteiger partial charge in [-0.2, -0.15) is 0 Å². The van der Waals surface area contributed by atoms with E-state index in [1.165, 1.54) is 0 Å². The van der Waals surface area contributed by atoms with Gasteiger partial charge in [0, 0.05) is 4.47 Å². The van der Waals surface area contributed by atoms with E-state index in [0.717, 1.165) is 27.3 Å². The predicted molar refractivity (Wildman–Crippen MR) is 70.2 cm³/mol. The molecule has 1 atom stereocenters. The second-order valence-corrected chi connectivity index (χ2v) is 4.67. The molecule has 0 aliphatic heterocycles. The summed E-state index contributed by atoms with van der Waals surface area (Å²) in [5.41, 5.74) is 7.13. The number of rotatable bonds is 3. The lowest BCUT2D eigenvalue weighted by atomic mass is 10.1. The van der Waals surface area contributed by atoms with E-state index >= 15 is 0 Å². The van der Waals surface area contributed by atoms with Crippen LogP contribution in [0.5, 0.6) is 5.75 Å². The van der Waals surface area contributed by atoms with Crippen molar-refractivity contribution < 1.29 is 9.15 Å². The van der Waals surface area contributed by atoms with Gasteiger partial charge in [-0.05, 0) is 36.8 Å². The lowest BCUT2D eigenvalue weighted by molar-refractivity contribution is 0.414. The first kappa shape index (κ1) is 12.2. The largest absolute Gasteiger partial charge is 0.497 e. The first-order chi connectivity index (χ1) is 8.11. The number of methoxy groups -OCH3 is 1. The summed E-state index contributed by atoms with van der Waals surface area (Å²) < 4.78 is 11.6. The molecule has 0 saturated heterocycles. The summed E-state index contributed by atoms with van der Waals surface area (Å²) in [7, 11) is 1.64. The van der Waals surface area contributed by atoms with Gasteiger partial charge >= 0.3 is 0 Å². The molecule has 1 aromatic heterocycles. The molecule has 1 aromatic carbocycles. The summed E-state index contributed by atoms with van der Waals surface area (Å²) in [5, 5.41) is 0. The Hall–Kier alpha value is -1.26.